The lowest BCUT2D eigenvalue weighted by Gasteiger charge is -1.98. The molecule has 5 heteroatoms. The van der Waals surface area contributed by atoms with E-state index in [0.717, 1.165) is 10.9 Å². The van der Waals surface area contributed by atoms with E-state index in [0.29, 0.717) is 5.69 Å². The van der Waals surface area contributed by atoms with E-state index in [9.17, 15) is 4.79 Å². The molecule has 0 saturated carbocycles. The van der Waals surface area contributed by atoms with E-state index in [2.05, 4.69) is 0 Å². The first-order chi connectivity index (χ1) is 6.74. The topological polar surface area (TPSA) is 60.0 Å². The van der Waals surface area contributed by atoms with Crippen molar-refractivity contribution < 1.29 is 4.79 Å². The van der Waals surface area contributed by atoms with Crippen molar-refractivity contribution in [2.24, 2.45) is 5.84 Å². The Labute approximate surface area is 85.3 Å². The second kappa shape index (κ2) is 3.32. The third-order valence-corrected chi connectivity index (χ3v) is 2.38. The van der Waals surface area contributed by atoms with Crippen LogP contribution in [0.4, 0.5) is 0 Å². The summed E-state index contributed by atoms with van der Waals surface area (Å²) in [4.78, 5) is 11.3. The van der Waals surface area contributed by atoms with Gasteiger partial charge >= 0.3 is 0 Å². The summed E-state index contributed by atoms with van der Waals surface area (Å²) in [5, 5.41) is 0.904. The van der Waals surface area contributed by atoms with Crippen LogP contribution < -0.4 is 11.3 Å². The number of para-hydroxylation sites is 1. The van der Waals surface area contributed by atoms with E-state index in [1.54, 1.807) is 6.07 Å². The first-order valence-corrected chi connectivity index (χ1v) is 4.35. The maximum Gasteiger partial charge on any atom is 0.283 e. The van der Waals surface area contributed by atoms with Crippen molar-refractivity contribution in [3.63, 3.8) is 0 Å². The number of nitrogen functional groups attached to an aromatic ring is 1. The smallest absolute Gasteiger partial charge is 0.283 e. The Morgan fingerprint density at radius 2 is 2.14 bits per heavy atom. The molecule has 0 fully saturated rings. The molecule has 0 aliphatic rings. The normalized spacial score (nSPS) is 10.4. The van der Waals surface area contributed by atoms with Crippen LogP contribution >= 0.6 is 11.8 Å². The van der Waals surface area contributed by atoms with Gasteiger partial charge in [0.25, 0.3) is 5.91 Å². The van der Waals surface area contributed by atoms with Crippen molar-refractivity contribution in [1.29, 1.82) is 0 Å². The molecule has 2 rings (SSSR count). The molecule has 14 heavy (non-hydrogen) atoms. The van der Waals surface area contributed by atoms with Gasteiger partial charge in [-0.3, -0.25) is 10.2 Å². The van der Waals surface area contributed by atoms with Gasteiger partial charge in [-0.1, -0.05) is 18.2 Å². The monoisotopic (exact) mass is 209 g/mol. The fourth-order valence-corrected chi connectivity index (χ4v) is 1.63. The van der Waals surface area contributed by atoms with Crippen LogP contribution in [0.5, 0.6) is 0 Å². The van der Waals surface area contributed by atoms with Gasteiger partial charge in [0, 0.05) is 17.2 Å². The van der Waals surface area contributed by atoms with Crippen LogP contribution in [0, 0.1) is 0 Å². The number of aromatic nitrogens is 1. The molecule has 3 N–H and O–H groups in total. The number of halogens is 1. The van der Waals surface area contributed by atoms with Gasteiger partial charge in [-0.05, 0) is 12.1 Å². The number of rotatable bonds is 1. The number of hydrogen-bond donors (Lipinski definition) is 2. The van der Waals surface area contributed by atoms with E-state index in [1.165, 1.54) is 4.09 Å². The summed E-state index contributed by atoms with van der Waals surface area (Å²) in [6.07, 6.45) is 0. The second-order valence-corrected chi connectivity index (χ2v) is 3.18. The average Bonchev–Trinajstić information content (AvgIpc) is 2.56. The quantitative estimate of drug-likeness (QED) is 0.422. The van der Waals surface area contributed by atoms with Gasteiger partial charge in [0.05, 0.1) is 5.52 Å². The van der Waals surface area contributed by atoms with E-state index >= 15 is 0 Å². The Hall–Kier alpha value is -1.52. The van der Waals surface area contributed by atoms with Crippen LogP contribution in [0.1, 0.15) is 10.5 Å². The van der Waals surface area contributed by atoms with Crippen molar-refractivity contribution >= 4 is 28.6 Å². The molecule has 1 heterocycles. The fraction of sp³-hybridized carbons (Fsp3) is 0. The van der Waals surface area contributed by atoms with Crippen molar-refractivity contribution in [2.45, 2.75) is 0 Å². The third kappa shape index (κ3) is 1.25. The average molecular weight is 210 g/mol. The van der Waals surface area contributed by atoms with Crippen molar-refractivity contribution in [3.8, 4) is 0 Å². The zero-order chi connectivity index (χ0) is 10.1. The molecule has 1 amide bonds. The molecule has 1 aromatic carbocycles. The van der Waals surface area contributed by atoms with Gasteiger partial charge in [0.1, 0.15) is 5.69 Å². The molecular formula is C9H8ClN3O. The predicted molar refractivity (Wildman–Crippen MR) is 54.8 cm³/mol. The zero-order valence-corrected chi connectivity index (χ0v) is 7.95. The van der Waals surface area contributed by atoms with Gasteiger partial charge in [-0.2, -0.15) is 0 Å². The Bertz CT molecular complexity index is 492. The molecule has 0 spiro atoms. The molecule has 0 radical (unpaired) electrons. The Morgan fingerprint density at radius 3 is 2.79 bits per heavy atom. The molecular weight excluding hydrogens is 202 g/mol. The fourth-order valence-electron chi connectivity index (χ4n) is 1.35. The van der Waals surface area contributed by atoms with E-state index in [1.807, 2.05) is 29.7 Å². The number of benzene rings is 1. The van der Waals surface area contributed by atoms with Gasteiger partial charge in [0.15, 0.2) is 0 Å². The maximum atomic E-state index is 11.3. The number of nitrogens with zero attached hydrogens (tertiary/aromatic N) is 1. The number of nitrogens with one attached hydrogen (secondary N) is 1. The van der Waals surface area contributed by atoms with Crippen molar-refractivity contribution in [2.75, 3.05) is 0 Å². The highest BCUT2D eigenvalue weighted by Crippen LogP contribution is 2.20. The highest BCUT2D eigenvalue weighted by atomic mass is 35.5. The number of amides is 1. The minimum absolute atomic E-state index is 0.329. The summed E-state index contributed by atoms with van der Waals surface area (Å²) in [6, 6.07) is 9.12. The number of fused-ring (bicyclic) bond motifs is 1. The van der Waals surface area contributed by atoms with Crippen LogP contribution in [-0.4, -0.2) is 9.99 Å². The molecule has 0 atom stereocenters. The summed E-state index contributed by atoms with van der Waals surface area (Å²) < 4.78 is 1.29. The van der Waals surface area contributed by atoms with E-state index in [4.69, 9.17) is 17.6 Å². The first-order valence-electron chi connectivity index (χ1n) is 4.01. The molecule has 0 aliphatic carbocycles. The van der Waals surface area contributed by atoms with E-state index < -0.39 is 5.91 Å². The van der Waals surface area contributed by atoms with E-state index in [-0.39, 0.29) is 0 Å². The third-order valence-electron chi connectivity index (χ3n) is 2.02. The molecule has 0 saturated heterocycles. The minimum Gasteiger partial charge on any atom is -0.289 e. The summed E-state index contributed by atoms with van der Waals surface area (Å²) in [5.74, 6) is 4.62. The summed E-state index contributed by atoms with van der Waals surface area (Å²) in [6.45, 7) is 0. The number of carbonyl (C=O) groups excluding carboxylic acids is 1. The van der Waals surface area contributed by atoms with Gasteiger partial charge < -0.3 is 0 Å². The Balaban J connectivity index is 2.68. The van der Waals surface area contributed by atoms with Crippen LogP contribution in [0.3, 0.4) is 0 Å². The maximum absolute atomic E-state index is 11.3. The molecule has 0 bridgehead atoms. The highest BCUT2D eigenvalue weighted by molar-refractivity contribution is 6.22. The second-order valence-electron chi connectivity index (χ2n) is 2.84. The predicted octanol–water partition coefficient (Wildman–Crippen LogP) is 1.25. The minimum atomic E-state index is -0.406. The Morgan fingerprint density at radius 1 is 1.43 bits per heavy atom. The largest absolute Gasteiger partial charge is 0.289 e. The summed E-state index contributed by atoms with van der Waals surface area (Å²) in [7, 11) is 0. The number of nitrogens with two attached hydrogens (primary N) is 1. The SMILES string of the molecule is NNC(=O)c1cc2ccccc2n1Cl. The standard InChI is InChI=1S/C9H8ClN3O/c10-13-7-4-2-1-3-6(7)5-8(13)9(14)12-11/h1-5H,11H2,(H,12,14). The summed E-state index contributed by atoms with van der Waals surface area (Å²) >= 11 is 5.93. The van der Waals surface area contributed by atoms with Crippen LogP contribution in [0.15, 0.2) is 30.3 Å². The number of carbonyl (C=O) groups is 1. The highest BCUT2D eigenvalue weighted by Gasteiger charge is 2.12. The molecule has 1 aromatic heterocycles. The van der Waals surface area contributed by atoms with Crippen LogP contribution in [0.2, 0.25) is 0 Å². The lowest BCUT2D eigenvalue weighted by atomic mass is 10.2. The summed E-state index contributed by atoms with van der Waals surface area (Å²) in [5.41, 5.74) is 3.15. The van der Waals surface area contributed by atoms with Gasteiger partial charge in [-0.25, -0.2) is 9.93 Å². The molecule has 2 aromatic rings. The Kier molecular flexibility index (Phi) is 2.15. The van der Waals surface area contributed by atoms with Crippen molar-refractivity contribution in [3.05, 3.63) is 36.0 Å². The van der Waals surface area contributed by atoms with Crippen molar-refractivity contribution in [1.82, 2.24) is 9.51 Å². The lowest BCUT2D eigenvalue weighted by molar-refractivity contribution is 0.0948. The molecule has 0 aliphatic heterocycles. The van der Waals surface area contributed by atoms with Gasteiger partial charge in [-0.15, -0.1) is 0 Å². The first kappa shape index (κ1) is 9.05. The van der Waals surface area contributed by atoms with Gasteiger partial charge in [0.2, 0.25) is 0 Å². The zero-order valence-electron chi connectivity index (χ0n) is 7.20. The van der Waals surface area contributed by atoms with Crippen LogP contribution in [0.25, 0.3) is 10.9 Å². The number of hydrazine groups is 1. The molecule has 4 nitrogen and oxygen atoms in total. The molecule has 72 valence electrons. The van der Waals surface area contributed by atoms with Crippen LogP contribution in [-0.2, 0) is 0 Å². The lowest BCUT2D eigenvalue weighted by Crippen LogP contribution is -2.30. The molecule has 0 unspecified atom stereocenters. The number of hydrogen-bond acceptors (Lipinski definition) is 2.